The molecule has 0 bridgehead atoms. The molecule has 0 spiro atoms. The highest BCUT2D eigenvalue weighted by Crippen LogP contribution is 2.36. The lowest BCUT2D eigenvalue weighted by atomic mass is 10.2. The molecule has 0 fully saturated rings. The molecular formula is C8H22NO4P. The van der Waals surface area contributed by atoms with Gasteiger partial charge in [-0.15, -0.1) is 0 Å². The first kappa shape index (κ1) is 16.5. The number of rotatable bonds is 1. The fraction of sp³-hybridized carbons (Fsp3) is 1.00. The van der Waals surface area contributed by atoms with E-state index in [1.54, 1.807) is 0 Å². The maximum absolute atomic E-state index is 10.0. The van der Waals surface area contributed by atoms with Gasteiger partial charge >= 0.3 is 0 Å². The van der Waals surface area contributed by atoms with E-state index in [2.05, 4.69) is 32.7 Å². The summed E-state index contributed by atoms with van der Waals surface area (Å²) in [6.07, 6.45) is 0. The average Bonchev–Trinajstić information content (AvgIpc) is 1.42. The Labute approximate surface area is 86.5 Å². The van der Waals surface area contributed by atoms with Crippen molar-refractivity contribution in [2.45, 2.75) is 26.4 Å². The van der Waals surface area contributed by atoms with Crippen molar-refractivity contribution in [1.29, 1.82) is 0 Å². The van der Waals surface area contributed by atoms with Gasteiger partial charge in [0.25, 0.3) is 7.82 Å². The molecule has 0 radical (unpaired) electrons. The summed E-state index contributed by atoms with van der Waals surface area (Å²) in [5.41, 5.74) is -0.841. The molecule has 0 aromatic rings. The third-order valence-electron chi connectivity index (χ3n) is 0.389. The van der Waals surface area contributed by atoms with Crippen LogP contribution in [0.2, 0.25) is 0 Å². The van der Waals surface area contributed by atoms with Gasteiger partial charge in [-0.2, -0.15) is 0 Å². The van der Waals surface area contributed by atoms with E-state index in [0.717, 1.165) is 4.48 Å². The summed E-state index contributed by atoms with van der Waals surface area (Å²) in [6.45, 7) is 4.61. The smallest absolute Gasteiger partial charge is 0.265 e. The van der Waals surface area contributed by atoms with Gasteiger partial charge in [-0.1, -0.05) is 0 Å². The van der Waals surface area contributed by atoms with Crippen LogP contribution in [0.4, 0.5) is 0 Å². The van der Waals surface area contributed by atoms with Crippen molar-refractivity contribution in [1.82, 2.24) is 0 Å². The monoisotopic (exact) mass is 227 g/mol. The van der Waals surface area contributed by atoms with Gasteiger partial charge in [-0.25, -0.2) is 0 Å². The lowest BCUT2D eigenvalue weighted by molar-refractivity contribution is -0.849. The molecule has 5 nitrogen and oxygen atoms in total. The van der Waals surface area contributed by atoms with Crippen molar-refractivity contribution in [3.05, 3.63) is 0 Å². The zero-order valence-electron chi connectivity index (χ0n) is 10.1. The van der Waals surface area contributed by atoms with Crippen LogP contribution in [-0.2, 0) is 9.09 Å². The van der Waals surface area contributed by atoms with E-state index in [-0.39, 0.29) is 0 Å². The second-order valence-corrected chi connectivity index (χ2v) is 6.48. The predicted octanol–water partition coefficient (Wildman–Crippen LogP) is 0.585. The molecule has 1 atom stereocenters. The molecular weight excluding hydrogens is 205 g/mol. The maximum Gasteiger partial charge on any atom is 0.265 e. The van der Waals surface area contributed by atoms with Gasteiger partial charge in [-0.05, 0) is 20.8 Å². The van der Waals surface area contributed by atoms with Gasteiger partial charge in [0.1, 0.15) is 0 Å². The van der Waals surface area contributed by atoms with E-state index in [1.807, 2.05) is 0 Å². The van der Waals surface area contributed by atoms with Gasteiger partial charge in [0, 0.05) is 0 Å². The van der Waals surface area contributed by atoms with Crippen LogP contribution < -0.4 is 4.89 Å². The standard InChI is InChI=1S/C4H12N.C4H11O4P/c1-5(2,3)4;1-4(2,3)8-9(5,6)7/h1-4H3;1-3H3,(H2,5,6,7)/q+1;/p-1. The minimum atomic E-state index is -4.54. The van der Waals surface area contributed by atoms with Gasteiger partial charge in [-0.3, -0.25) is 4.57 Å². The minimum absolute atomic E-state index is 0.841. The molecule has 0 aliphatic rings. The Bertz CT molecular complexity index is 192. The van der Waals surface area contributed by atoms with Crippen LogP contribution in [0, 0.1) is 0 Å². The van der Waals surface area contributed by atoms with E-state index >= 15 is 0 Å². The molecule has 0 saturated carbocycles. The third-order valence-corrected chi connectivity index (χ3v) is 1.17. The highest BCUT2D eigenvalue weighted by molar-refractivity contribution is 7.44. The van der Waals surface area contributed by atoms with Crippen LogP contribution in [-0.4, -0.2) is 43.2 Å². The average molecular weight is 227 g/mol. The number of quaternary nitrogens is 1. The van der Waals surface area contributed by atoms with E-state index < -0.39 is 13.4 Å². The fourth-order valence-electron chi connectivity index (χ4n) is 0.346. The topological polar surface area (TPSA) is 69.6 Å². The number of hydrogen-bond acceptors (Lipinski definition) is 3. The summed E-state index contributed by atoms with van der Waals surface area (Å²) in [6, 6.07) is 0. The first-order valence-electron chi connectivity index (χ1n) is 4.24. The zero-order chi connectivity index (χ0) is 12.2. The quantitative estimate of drug-likeness (QED) is 0.525. The van der Waals surface area contributed by atoms with Crippen LogP contribution in [0.25, 0.3) is 0 Å². The van der Waals surface area contributed by atoms with Gasteiger partial charge in [0.2, 0.25) is 0 Å². The largest absolute Gasteiger partial charge is 0.756 e. The van der Waals surface area contributed by atoms with Crippen molar-refractivity contribution in [3.8, 4) is 0 Å². The second-order valence-electron chi connectivity index (χ2n) is 5.36. The molecule has 14 heavy (non-hydrogen) atoms. The SMILES string of the molecule is CC(C)(C)OP(=O)([O-])O.C[N+](C)(C)C. The molecule has 6 heteroatoms. The highest BCUT2D eigenvalue weighted by atomic mass is 31.2. The molecule has 88 valence electrons. The Morgan fingerprint density at radius 2 is 1.43 bits per heavy atom. The van der Waals surface area contributed by atoms with Crippen LogP contribution in [0.1, 0.15) is 20.8 Å². The predicted molar refractivity (Wildman–Crippen MR) is 54.6 cm³/mol. The van der Waals surface area contributed by atoms with E-state index in [9.17, 15) is 9.46 Å². The van der Waals surface area contributed by atoms with Crippen molar-refractivity contribution in [2.24, 2.45) is 0 Å². The summed E-state index contributed by atoms with van der Waals surface area (Å²) in [5.74, 6) is 0. The Kier molecular flexibility index (Phi) is 6.17. The molecule has 0 aromatic carbocycles. The maximum atomic E-state index is 10.0. The van der Waals surface area contributed by atoms with Crippen LogP contribution in [0.3, 0.4) is 0 Å². The molecule has 1 unspecified atom stereocenters. The van der Waals surface area contributed by atoms with Crippen LogP contribution in [0.15, 0.2) is 0 Å². The first-order valence-corrected chi connectivity index (χ1v) is 5.74. The summed E-state index contributed by atoms with van der Waals surface area (Å²) >= 11 is 0. The van der Waals surface area contributed by atoms with Crippen molar-refractivity contribution in [3.63, 3.8) is 0 Å². The lowest BCUT2D eigenvalue weighted by Crippen LogP contribution is -2.27. The molecule has 0 amide bonds. The molecule has 0 aliphatic heterocycles. The molecule has 0 heterocycles. The van der Waals surface area contributed by atoms with Crippen LogP contribution in [0.5, 0.6) is 0 Å². The number of nitrogens with zero attached hydrogens (tertiary/aromatic N) is 1. The molecule has 1 N–H and O–H groups in total. The summed E-state index contributed by atoms with van der Waals surface area (Å²) in [4.78, 5) is 18.1. The summed E-state index contributed by atoms with van der Waals surface area (Å²) in [7, 11) is 3.96. The molecule has 0 rings (SSSR count). The van der Waals surface area contributed by atoms with Gasteiger partial charge in [0.15, 0.2) is 0 Å². The van der Waals surface area contributed by atoms with Crippen molar-refractivity contribution >= 4 is 7.82 Å². The van der Waals surface area contributed by atoms with E-state index in [0.29, 0.717) is 0 Å². The van der Waals surface area contributed by atoms with Crippen molar-refractivity contribution in [2.75, 3.05) is 28.2 Å². The minimum Gasteiger partial charge on any atom is -0.756 e. The summed E-state index contributed by atoms with van der Waals surface area (Å²) in [5, 5.41) is 0. The van der Waals surface area contributed by atoms with Gasteiger partial charge < -0.3 is 18.8 Å². The molecule has 0 aliphatic carbocycles. The molecule has 0 aromatic heterocycles. The van der Waals surface area contributed by atoms with Crippen molar-refractivity contribution < 1.29 is 23.4 Å². The normalized spacial score (nSPS) is 16.6. The Morgan fingerprint density at radius 1 is 1.21 bits per heavy atom. The Morgan fingerprint density at radius 3 is 1.43 bits per heavy atom. The second kappa shape index (κ2) is 5.24. The third kappa shape index (κ3) is 40.1. The summed E-state index contributed by atoms with van der Waals surface area (Å²) < 4.78 is 15.2. The molecule has 0 saturated heterocycles. The Hall–Kier alpha value is 0.0700. The van der Waals surface area contributed by atoms with Gasteiger partial charge in [0.05, 0.1) is 33.8 Å². The van der Waals surface area contributed by atoms with E-state index in [4.69, 9.17) is 4.89 Å². The lowest BCUT2D eigenvalue weighted by Gasteiger charge is -2.26. The van der Waals surface area contributed by atoms with E-state index in [1.165, 1.54) is 20.8 Å². The number of phosphoric ester groups is 1. The number of phosphoric acid groups is 1. The first-order chi connectivity index (χ1) is 5.71. The fourth-order valence-corrected chi connectivity index (χ4v) is 1.04. The highest BCUT2D eigenvalue weighted by Gasteiger charge is 2.16. The number of hydrogen-bond donors (Lipinski definition) is 1. The Balaban J connectivity index is 0. The zero-order valence-corrected chi connectivity index (χ0v) is 11.0. The van der Waals surface area contributed by atoms with Crippen LogP contribution >= 0.6 is 7.82 Å².